The summed E-state index contributed by atoms with van der Waals surface area (Å²) in [5.41, 5.74) is 50.0. The lowest BCUT2D eigenvalue weighted by Gasteiger charge is -2.28. The number of para-hydroxylation sites is 4. The molecule has 0 saturated heterocycles. The average molecular weight is 1630 g/mol. The van der Waals surface area contributed by atoms with Crippen LogP contribution in [0, 0.1) is 0 Å². The fraction of sp³-hybridized carbons (Fsp3) is 0.0551. The molecule has 0 spiro atoms. The van der Waals surface area contributed by atoms with Gasteiger partial charge in [-0.3, -0.25) is 0 Å². The normalized spacial score (nSPS) is 14.1. The van der Waals surface area contributed by atoms with Gasteiger partial charge in [0.15, 0.2) is 0 Å². The molecule has 7 aliphatic rings. The van der Waals surface area contributed by atoms with E-state index in [1.807, 2.05) is 0 Å². The molecule has 24 aromatic rings. The number of rotatable bonds is 8. The third kappa shape index (κ3) is 9.48. The number of nitrogens with zero attached hydrogens (tertiary/aromatic N) is 2. The molecule has 0 N–H and O–H groups in total. The Morgan fingerprint density at radius 2 is 0.581 bits per heavy atom. The molecular weight excluding hydrogens is 1550 g/mol. The number of fused-ring (bicyclic) bond motifs is 31. The maximum atomic E-state index is 2.72. The Morgan fingerprint density at radius 3 is 1.22 bits per heavy atom. The van der Waals surface area contributed by atoms with E-state index in [-0.39, 0.29) is 5.92 Å². The third-order valence-corrected chi connectivity index (χ3v) is 31.3. The smallest absolute Gasteiger partial charge is 0.0543 e. The molecule has 7 aliphatic carbocycles. The predicted molar refractivity (Wildman–Crippen MR) is 541 cm³/mol. The molecule has 0 aliphatic heterocycles. The topological polar surface area (TPSA) is 6.48 Å². The Kier molecular flexibility index (Phi) is 13.7. The van der Waals surface area contributed by atoms with Gasteiger partial charge in [-0.15, -0.1) is 0 Å². The average Bonchev–Trinajstić information content (AvgIpc) is 1.53. The van der Waals surface area contributed by atoms with Gasteiger partial charge in [-0.25, -0.2) is 0 Å². The summed E-state index contributed by atoms with van der Waals surface area (Å²) in [6.07, 6.45) is 5.28. The van der Waals surface area contributed by atoms with Gasteiger partial charge in [-0.1, -0.05) is 255 Å². The highest BCUT2D eigenvalue weighted by atomic mass is 15.1. The van der Waals surface area contributed by atoms with Crippen LogP contribution in [-0.4, -0.2) is 0 Å². The van der Waals surface area contributed by atoms with Crippen LogP contribution in [0.5, 0.6) is 0 Å². The SMILES string of the molecule is c1ccc(N(c2ccccc2)c2cc3c(c4ccccc24)-c2cc4c(cc2C3)-c2c(cc(N(c3ccccc3)c3ccccc3)c3cc(-c5ccc6ccc7c(c6c5)-c5cc6c(cc5C7c5c7c(c8ccc9cccc%10ccc5c8c9%10)-c5cc8c(cc5C7)-c5cc7ccc9cccc%10ccc(c5C8)c7c9%10)-c5cc7c(cc5C6)-c5c(ccc6ccccc56)C7)ccc23)C4)cc1. The molecule has 0 heterocycles. The Morgan fingerprint density at radius 1 is 0.178 bits per heavy atom. The lowest BCUT2D eigenvalue weighted by atomic mass is 9.78. The van der Waals surface area contributed by atoms with Crippen LogP contribution in [0.1, 0.15) is 89.4 Å². The van der Waals surface area contributed by atoms with Crippen molar-refractivity contribution in [2.45, 2.75) is 44.4 Å². The molecule has 2 nitrogen and oxygen atoms in total. The van der Waals surface area contributed by atoms with Gasteiger partial charge in [-0.05, 0) is 435 Å². The van der Waals surface area contributed by atoms with E-state index in [2.05, 4.69) is 392 Å². The summed E-state index contributed by atoms with van der Waals surface area (Å²) in [6.45, 7) is 0. The maximum absolute atomic E-state index is 2.72. The van der Waals surface area contributed by atoms with Gasteiger partial charge in [0.05, 0.1) is 11.4 Å². The lowest BCUT2D eigenvalue weighted by Crippen LogP contribution is -2.11. The van der Waals surface area contributed by atoms with Crippen molar-refractivity contribution in [3.05, 3.63) is 466 Å². The van der Waals surface area contributed by atoms with E-state index in [0.717, 1.165) is 61.3 Å². The minimum atomic E-state index is -0.0827. The van der Waals surface area contributed by atoms with Crippen LogP contribution in [-0.2, 0) is 38.5 Å². The molecule has 129 heavy (non-hydrogen) atoms. The van der Waals surface area contributed by atoms with Crippen molar-refractivity contribution >= 4 is 142 Å². The summed E-state index contributed by atoms with van der Waals surface area (Å²) in [6, 6.07) is 149. The van der Waals surface area contributed by atoms with E-state index in [1.165, 1.54) is 292 Å². The number of benzene rings is 24. The van der Waals surface area contributed by atoms with E-state index in [0.29, 0.717) is 0 Å². The lowest BCUT2D eigenvalue weighted by molar-refractivity contribution is 1.00. The van der Waals surface area contributed by atoms with Crippen LogP contribution in [0.25, 0.3) is 197 Å². The minimum Gasteiger partial charge on any atom is -0.310 e. The molecule has 1 unspecified atom stereocenters. The van der Waals surface area contributed by atoms with Gasteiger partial charge in [0, 0.05) is 39.4 Å². The van der Waals surface area contributed by atoms with E-state index >= 15 is 0 Å². The van der Waals surface area contributed by atoms with Gasteiger partial charge in [-0.2, -0.15) is 0 Å². The fourth-order valence-electron chi connectivity index (χ4n) is 26.0. The number of hydrogen-bond donors (Lipinski definition) is 0. The van der Waals surface area contributed by atoms with Crippen LogP contribution in [0.2, 0.25) is 0 Å². The highest BCUT2D eigenvalue weighted by molar-refractivity contribution is 6.29. The second-order valence-electron chi connectivity index (χ2n) is 37.8. The first-order valence-electron chi connectivity index (χ1n) is 46.0. The quantitative estimate of drug-likeness (QED) is 0.140. The largest absolute Gasteiger partial charge is 0.310 e. The first-order chi connectivity index (χ1) is 63.9. The highest BCUT2D eigenvalue weighted by Gasteiger charge is 2.42. The summed E-state index contributed by atoms with van der Waals surface area (Å²) >= 11 is 0. The first kappa shape index (κ1) is 69.3. The molecule has 31 rings (SSSR count). The summed E-state index contributed by atoms with van der Waals surface area (Å²) in [7, 11) is 0. The molecule has 0 fully saturated rings. The molecule has 0 saturated carbocycles. The van der Waals surface area contributed by atoms with Crippen molar-refractivity contribution < 1.29 is 0 Å². The third-order valence-electron chi connectivity index (χ3n) is 31.3. The second kappa shape index (κ2) is 25.4. The molecule has 24 aromatic carbocycles. The fourth-order valence-corrected chi connectivity index (χ4v) is 26.0. The number of hydrogen-bond acceptors (Lipinski definition) is 2. The molecule has 1 atom stereocenters. The summed E-state index contributed by atoms with van der Waals surface area (Å²) in [5.74, 6) is -0.0827. The van der Waals surface area contributed by atoms with Gasteiger partial charge in [0.1, 0.15) is 0 Å². The van der Waals surface area contributed by atoms with Crippen LogP contribution in [0.15, 0.2) is 382 Å². The van der Waals surface area contributed by atoms with Crippen LogP contribution >= 0.6 is 0 Å². The van der Waals surface area contributed by atoms with Gasteiger partial charge < -0.3 is 9.80 Å². The zero-order valence-electron chi connectivity index (χ0n) is 70.6. The Bertz CT molecular complexity index is 9120. The van der Waals surface area contributed by atoms with Gasteiger partial charge in [0.2, 0.25) is 0 Å². The molecule has 0 amide bonds. The molecule has 0 bridgehead atoms. The van der Waals surface area contributed by atoms with Crippen molar-refractivity contribution in [2.75, 3.05) is 9.80 Å². The van der Waals surface area contributed by atoms with Crippen LogP contribution < -0.4 is 9.80 Å². The van der Waals surface area contributed by atoms with Crippen molar-refractivity contribution in [1.82, 2.24) is 0 Å². The van der Waals surface area contributed by atoms with E-state index in [1.54, 1.807) is 0 Å². The zero-order chi connectivity index (χ0) is 83.4. The Hall–Kier alpha value is -16.0. The van der Waals surface area contributed by atoms with Gasteiger partial charge in [0.25, 0.3) is 0 Å². The molecular formula is C127H76N2. The first-order valence-corrected chi connectivity index (χ1v) is 46.0. The van der Waals surface area contributed by atoms with Crippen molar-refractivity contribution in [2.24, 2.45) is 0 Å². The number of anilines is 6. The molecule has 0 aromatic heterocycles. The maximum Gasteiger partial charge on any atom is 0.0543 e. The van der Waals surface area contributed by atoms with Crippen molar-refractivity contribution in [1.29, 1.82) is 0 Å². The van der Waals surface area contributed by atoms with Gasteiger partial charge >= 0.3 is 0 Å². The van der Waals surface area contributed by atoms with E-state index in [4.69, 9.17) is 0 Å². The summed E-state index contributed by atoms with van der Waals surface area (Å²) < 4.78 is 0. The molecule has 0 radical (unpaired) electrons. The second-order valence-corrected chi connectivity index (χ2v) is 37.8. The standard InChI is InChI=1S/C127H76N2/c1-5-24-89(25-6-1)128(90-26-7-2-8-27-90)115-67-87-53-83-62-107-84(61-106(83)120(87)95-34-16-15-33-94(95)115)54-88-68-116(129(91-28-9-3-10-29-91)92-30-11-4-12-31-92)111-56-77(45-47-97(111)121(88)107)76-38-35-71-41-48-98-123(104(71)55-76)112-65-81-52-80-60-105-82(51-78-39-36-70-19-13-14-32-93(70)119(78)105)58-101(80)103(81)69-113(112)126(98)127-100-50-44-75-23-18-22-74-43-49-99(125(100)118(74)75)124-108-63-85-64-109-96-46-42-73-21-17-20-72-37-40-79(122(96)117(72)73)57-110(109)102(85)59-86(108)66-114(124)127/h1-50,55-63,65,67-69,126H,51-54,64,66H2. The monoisotopic (exact) mass is 1630 g/mol. The Labute approximate surface area is 745 Å². The van der Waals surface area contributed by atoms with Crippen LogP contribution in [0.4, 0.5) is 34.1 Å². The van der Waals surface area contributed by atoms with Crippen molar-refractivity contribution in [3.8, 4) is 89.0 Å². The summed E-state index contributed by atoms with van der Waals surface area (Å²) in [5, 5.41) is 26.5. The predicted octanol–water partition coefficient (Wildman–Crippen LogP) is 33.3. The molecule has 2 heteroatoms. The zero-order valence-corrected chi connectivity index (χ0v) is 70.6. The van der Waals surface area contributed by atoms with E-state index < -0.39 is 0 Å². The van der Waals surface area contributed by atoms with Crippen molar-refractivity contribution in [3.63, 3.8) is 0 Å². The minimum absolute atomic E-state index is 0.0827. The van der Waals surface area contributed by atoms with Crippen LogP contribution in [0.3, 0.4) is 0 Å². The van der Waals surface area contributed by atoms with E-state index in [9.17, 15) is 0 Å². The highest BCUT2D eigenvalue weighted by Crippen LogP contribution is 2.63. The Balaban J connectivity index is 0.603. The summed E-state index contributed by atoms with van der Waals surface area (Å²) in [4.78, 5) is 4.97. The molecule has 594 valence electrons.